The van der Waals surface area contributed by atoms with Gasteiger partial charge in [-0.2, -0.15) is 0 Å². The third kappa shape index (κ3) is 3.19. The maximum Gasteiger partial charge on any atom is 0.266 e. The minimum atomic E-state index is -0.139. The molecule has 2 aromatic rings. The Hall–Kier alpha value is -1.66. The molecule has 0 fully saturated rings. The SMILES string of the molecule is CC1CCc2c(sc(NC(=O)c3cccs3)c2C(=O)N(C)C)C1. The Morgan fingerprint density at radius 1 is 1.35 bits per heavy atom. The smallest absolute Gasteiger partial charge is 0.266 e. The first-order valence-corrected chi connectivity index (χ1v) is 9.38. The molecule has 0 spiro atoms. The van der Waals surface area contributed by atoms with E-state index in [2.05, 4.69) is 12.2 Å². The molecular formula is C17H20N2O2S2. The van der Waals surface area contributed by atoms with Crippen LogP contribution in [0.3, 0.4) is 0 Å². The van der Waals surface area contributed by atoms with E-state index in [0.29, 0.717) is 21.4 Å². The van der Waals surface area contributed by atoms with E-state index in [4.69, 9.17) is 0 Å². The molecule has 2 amide bonds. The van der Waals surface area contributed by atoms with Crippen molar-refractivity contribution >= 4 is 39.5 Å². The summed E-state index contributed by atoms with van der Waals surface area (Å²) in [6.07, 6.45) is 3.00. The zero-order valence-electron chi connectivity index (χ0n) is 13.5. The van der Waals surface area contributed by atoms with Gasteiger partial charge in [-0.1, -0.05) is 13.0 Å². The summed E-state index contributed by atoms with van der Waals surface area (Å²) in [4.78, 5) is 28.5. The number of carbonyl (C=O) groups excluding carboxylic acids is 2. The Morgan fingerprint density at radius 2 is 2.13 bits per heavy atom. The van der Waals surface area contributed by atoms with Gasteiger partial charge in [0.1, 0.15) is 5.00 Å². The highest BCUT2D eigenvalue weighted by Gasteiger charge is 2.29. The first-order valence-electron chi connectivity index (χ1n) is 7.68. The lowest BCUT2D eigenvalue weighted by Gasteiger charge is -2.19. The van der Waals surface area contributed by atoms with Crippen LogP contribution in [0.15, 0.2) is 17.5 Å². The molecule has 0 radical (unpaired) electrons. The Morgan fingerprint density at radius 3 is 2.78 bits per heavy atom. The molecule has 4 nitrogen and oxygen atoms in total. The summed E-state index contributed by atoms with van der Waals surface area (Å²) in [6.45, 7) is 2.24. The van der Waals surface area contributed by atoms with Gasteiger partial charge in [-0.15, -0.1) is 22.7 Å². The van der Waals surface area contributed by atoms with Crippen LogP contribution in [0.1, 0.15) is 43.8 Å². The number of nitrogens with one attached hydrogen (secondary N) is 1. The van der Waals surface area contributed by atoms with Gasteiger partial charge in [0.25, 0.3) is 11.8 Å². The van der Waals surface area contributed by atoms with Crippen LogP contribution in [-0.2, 0) is 12.8 Å². The van der Waals surface area contributed by atoms with Crippen molar-refractivity contribution in [1.82, 2.24) is 4.90 Å². The van der Waals surface area contributed by atoms with Crippen molar-refractivity contribution in [3.63, 3.8) is 0 Å². The molecular weight excluding hydrogens is 328 g/mol. The second-order valence-corrected chi connectivity index (χ2v) is 8.24. The fraction of sp³-hybridized carbons (Fsp3) is 0.412. The molecule has 6 heteroatoms. The predicted octanol–water partition coefficient (Wildman–Crippen LogP) is 3.89. The average Bonchev–Trinajstić information content (AvgIpc) is 3.13. The van der Waals surface area contributed by atoms with Gasteiger partial charge >= 0.3 is 0 Å². The van der Waals surface area contributed by atoms with Gasteiger partial charge < -0.3 is 10.2 Å². The summed E-state index contributed by atoms with van der Waals surface area (Å²) >= 11 is 2.97. The van der Waals surface area contributed by atoms with E-state index in [1.165, 1.54) is 16.2 Å². The zero-order valence-corrected chi connectivity index (χ0v) is 15.1. The number of fused-ring (bicyclic) bond motifs is 1. The van der Waals surface area contributed by atoms with E-state index >= 15 is 0 Å². The van der Waals surface area contributed by atoms with Crippen LogP contribution in [0.25, 0.3) is 0 Å². The standard InChI is InChI=1S/C17H20N2O2S2/c1-10-6-7-11-13(9-10)23-16(14(11)17(21)19(2)3)18-15(20)12-5-4-8-22-12/h4-5,8,10H,6-7,9H2,1-3H3,(H,18,20). The second kappa shape index (κ2) is 6.45. The van der Waals surface area contributed by atoms with E-state index in [1.807, 2.05) is 11.4 Å². The first-order chi connectivity index (χ1) is 11.0. The lowest BCUT2D eigenvalue weighted by atomic mass is 9.88. The highest BCUT2D eigenvalue weighted by atomic mass is 32.1. The molecule has 122 valence electrons. The Balaban J connectivity index is 1.98. The van der Waals surface area contributed by atoms with Crippen LogP contribution >= 0.6 is 22.7 Å². The van der Waals surface area contributed by atoms with Gasteiger partial charge in [-0.05, 0) is 42.2 Å². The van der Waals surface area contributed by atoms with Crippen LogP contribution in [0, 0.1) is 5.92 Å². The summed E-state index contributed by atoms with van der Waals surface area (Å²) in [5, 5.41) is 5.54. The molecule has 2 aromatic heterocycles. The molecule has 1 aliphatic rings. The third-order valence-corrected chi connectivity index (χ3v) is 6.14. The topological polar surface area (TPSA) is 49.4 Å². The molecule has 2 heterocycles. The van der Waals surface area contributed by atoms with Crippen molar-refractivity contribution in [3.8, 4) is 0 Å². The van der Waals surface area contributed by atoms with Crippen LogP contribution in [0.5, 0.6) is 0 Å². The highest BCUT2D eigenvalue weighted by Crippen LogP contribution is 2.40. The fourth-order valence-electron chi connectivity index (χ4n) is 2.86. The lowest BCUT2D eigenvalue weighted by Crippen LogP contribution is -2.25. The van der Waals surface area contributed by atoms with Crippen molar-refractivity contribution in [1.29, 1.82) is 0 Å². The number of thiophene rings is 2. The number of rotatable bonds is 3. The Kier molecular flexibility index (Phi) is 4.55. The molecule has 1 aliphatic carbocycles. The normalized spacial score (nSPS) is 16.7. The summed E-state index contributed by atoms with van der Waals surface area (Å²) < 4.78 is 0. The van der Waals surface area contributed by atoms with Crippen LogP contribution < -0.4 is 5.32 Å². The van der Waals surface area contributed by atoms with Crippen molar-refractivity contribution in [2.24, 2.45) is 5.92 Å². The van der Waals surface area contributed by atoms with E-state index < -0.39 is 0 Å². The van der Waals surface area contributed by atoms with Gasteiger partial charge in [-0.25, -0.2) is 0 Å². The molecule has 0 aliphatic heterocycles. The predicted molar refractivity (Wildman–Crippen MR) is 95.8 cm³/mol. The molecule has 0 aromatic carbocycles. The van der Waals surface area contributed by atoms with E-state index in [1.54, 1.807) is 36.4 Å². The van der Waals surface area contributed by atoms with E-state index in [0.717, 1.165) is 24.8 Å². The fourth-order valence-corrected chi connectivity index (χ4v) is 4.88. The van der Waals surface area contributed by atoms with Gasteiger partial charge in [0.2, 0.25) is 0 Å². The van der Waals surface area contributed by atoms with Crippen LogP contribution in [-0.4, -0.2) is 30.8 Å². The highest BCUT2D eigenvalue weighted by molar-refractivity contribution is 7.17. The van der Waals surface area contributed by atoms with Crippen molar-refractivity contribution in [3.05, 3.63) is 38.4 Å². The van der Waals surface area contributed by atoms with Gasteiger partial charge in [0.15, 0.2) is 0 Å². The molecule has 1 N–H and O–H groups in total. The van der Waals surface area contributed by atoms with E-state index in [-0.39, 0.29) is 11.8 Å². The number of nitrogens with zero attached hydrogens (tertiary/aromatic N) is 1. The minimum absolute atomic E-state index is 0.0291. The van der Waals surface area contributed by atoms with Gasteiger partial charge in [-0.3, -0.25) is 9.59 Å². The molecule has 0 bridgehead atoms. The summed E-state index contributed by atoms with van der Waals surface area (Å²) in [5.74, 6) is 0.460. The maximum absolute atomic E-state index is 12.6. The average molecular weight is 348 g/mol. The van der Waals surface area contributed by atoms with Gasteiger partial charge in [0, 0.05) is 19.0 Å². The number of anilines is 1. The summed E-state index contributed by atoms with van der Waals surface area (Å²) in [7, 11) is 3.51. The minimum Gasteiger partial charge on any atom is -0.345 e. The van der Waals surface area contributed by atoms with Crippen LogP contribution in [0.4, 0.5) is 5.00 Å². The molecule has 3 rings (SSSR count). The van der Waals surface area contributed by atoms with Gasteiger partial charge in [0.05, 0.1) is 10.4 Å². The van der Waals surface area contributed by atoms with Crippen molar-refractivity contribution in [2.45, 2.75) is 26.2 Å². The van der Waals surface area contributed by atoms with E-state index in [9.17, 15) is 9.59 Å². The summed E-state index contributed by atoms with van der Waals surface area (Å²) in [6, 6.07) is 3.65. The van der Waals surface area contributed by atoms with Crippen molar-refractivity contribution in [2.75, 3.05) is 19.4 Å². The molecule has 1 unspecified atom stereocenters. The summed E-state index contributed by atoms with van der Waals surface area (Å²) in [5.41, 5.74) is 1.82. The quantitative estimate of drug-likeness (QED) is 0.915. The monoisotopic (exact) mass is 348 g/mol. The molecule has 0 saturated heterocycles. The van der Waals surface area contributed by atoms with Crippen molar-refractivity contribution < 1.29 is 9.59 Å². The number of hydrogen-bond donors (Lipinski definition) is 1. The Labute approximate surface area is 144 Å². The number of hydrogen-bond acceptors (Lipinski definition) is 4. The number of amides is 2. The number of carbonyl (C=O) groups is 2. The largest absolute Gasteiger partial charge is 0.345 e. The molecule has 1 atom stereocenters. The second-order valence-electron chi connectivity index (χ2n) is 6.19. The Bertz CT molecular complexity index is 732. The maximum atomic E-state index is 12.6. The molecule has 0 saturated carbocycles. The molecule has 23 heavy (non-hydrogen) atoms. The third-order valence-electron chi connectivity index (χ3n) is 4.10. The zero-order chi connectivity index (χ0) is 16.6. The lowest BCUT2D eigenvalue weighted by molar-refractivity contribution is 0.0827. The van der Waals surface area contributed by atoms with Crippen LogP contribution in [0.2, 0.25) is 0 Å². The first kappa shape index (κ1) is 16.2.